The Morgan fingerprint density at radius 1 is 1.64 bits per heavy atom. The lowest BCUT2D eigenvalue weighted by Gasteiger charge is -2.20. The van der Waals surface area contributed by atoms with Gasteiger partial charge in [-0.1, -0.05) is 6.92 Å². The van der Waals surface area contributed by atoms with Crippen LogP contribution in [0.3, 0.4) is 0 Å². The summed E-state index contributed by atoms with van der Waals surface area (Å²) in [4.78, 5) is 8.64. The van der Waals surface area contributed by atoms with Gasteiger partial charge in [-0.25, -0.2) is 4.99 Å². The van der Waals surface area contributed by atoms with Crippen LogP contribution in [0.4, 0.5) is 5.69 Å². The fourth-order valence-corrected chi connectivity index (χ4v) is 1.55. The largest absolute Gasteiger partial charge is 0.465 e. The second-order valence-corrected chi connectivity index (χ2v) is 3.34. The fraction of sp³-hybridized carbons (Fsp3) is 0.400. The molecule has 0 saturated carbocycles. The minimum atomic E-state index is 0.179. The summed E-state index contributed by atoms with van der Waals surface area (Å²) in [5.74, 6) is 0.981. The zero-order valence-electron chi connectivity index (χ0n) is 8.10. The van der Waals surface area contributed by atoms with Crippen LogP contribution in [0.5, 0.6) is 0 Å². The third-order valence-corrected chi connectivity index (χ3v) is 2.25. The molecule has 0 aromatic carbocycles. The van der Waals surface area contributed by atoms with Gasteiger partial charge < -0.3 is 4.74 Å². The molecule has 0 radical (unpaired) electrons. The molecule has 1 aliphatic rings. The minimum absolute atomic E-state index is 0.179. The standard InChI is InChI=1S/C10H13N3O/c1-7-5-9-8(3-2-4-12-9)13-10(7)14-6-11/h2-4,7H,5-6,11H2,1H3. The number of nitrogens with two attached hydrogens (primary N) is 1. The Hall–Kier alpha value is -1.42. The first-order valence-corrected chi connectivity index (χ1v) is 4.66. The van der Waals surface area contributed by atoms with Gasteiger partial charge in [0.2, 0.25) is 0 Å². The van der Waals surface area contributed by atoms with Gasteiger partial charge in [0.1, 0.15) is 6.73 Å². The van der Waals surface area contributed by atoms with Crippen molar-refractivity contribution in [2.45, 2.75) is 13.3 Å². The van der Waals surface area contributed by atoms with Crippen LogP contribution < -0.4 is 5.73 Å². The lowest BCUT2D eigenvalue weighted by Crippen LogP contribution is -2.23. The Morgan fingerprint density at radius 3 is 3.29 bits per heavy atom. The van der Waals surface area contributed by atoms with Crippen molar-refractivity contribution < 1.29 is 4.74 Å². The van der Waals surface area contributed by atoms with Gasteiger partial charge in [0.15, 0.2) is 5.90 Å². The Morgan fingerprint density at radius 2 is 2.50 bits per heavy atom. The van der Waals surface area contributed by atoms with Crippen LogP contribution in [0.15, 0.2) is 23.3 Å². The zero-order chi connectivity index (χ0) is 9.97. The van der Waals surface area contributed by atoms with Gasteiger partial charge in [-0.15, -0.1) is 0 Å². The van der Waals surface area contributed by atoms with Gasteiger partial charge in [-0.05, 0) is 12.1 Å². The molecule has 2 N–H and O–H groups in total. The highest BCUT2D eigenvalue weighted by molar-refractivity contribution is 5.83. The Bertz CT molecular complexity index is 362. The van der Waals surface area contributed by atoms with E-state index in [1.54, 1.807) is 6.20 Å². The third kappa shape index (κ3) is 1.61. The van der Waals surface area contributed by atoms with Crippen molar-refractivity contribution in [2.24, 2.45) is 16.6 Å². The Kier molecular flexibility index (Phi) is 2.45. The third-order valence-electron chi connectivity index (χ3n) is 2.25. The van der Waals surface area contributed by atoms with Crippen molar-refractivity contribution in [3.63, 3.8) is 0 Å². The van der Waals surface area contributed by atoms with Crippen LogP contribution in [0.25, 0.3) is 0 Å². The summed E-state index contributed by atoms with van der Waals surface area (Å²) in [7, 11) is 0. The summed E-state index contributed by atoms with van der Waals surface area (Å²) >= 11 is 0. The first-order valence-electron chi connectivity index (χ1n) is 4.66. The molecule has 0 saturated heterocycles. The molecule has 0 fully saturated rings. The Labute approximate surface area is 82.8 Å². The van der Waals surface area contributed by atoms with E-state index in [0.717, 1.165) is 17.8 Å². The number of hydrogen-bond acceptors (Lipinski definition) is 4. The van der Waals surface area contributed by atoms with E-state index < -0.39 is 0 Å². The smallest absolute Gasteiger partial charge is 0.193 e. The predicted molar refractivity (Wildman–Crippen MR) is 54.3 cm³/mol. The monoisotopic (exact) mass is 191 g/mol. The van der Waals surface area contributed by atoms with E-state index in [1.165, 1.54) is 0 Å². The van der Waals surface area contributed by atoms with Gasteiger partial charge in [0, 0.05) is 18.5 Å². The van der Waals surface area contributed by atoms with E-state index >= 15 is 0 Å². The van der Waals surface area contributed by atoms with E-state index in [2.05, 4.69) is 16.9 Å². The maximum atomic E-state index is 5.32. The van der Waals surface area contributed by atoms with Crippen LogP contribution in [-0.4, -0.2) is 17.6 Å². The number of nitrogens with zero attached hydrogens (tertiary/aromatic N) is 2. The minimum Gasteiger partial charge on any atom is -0.465 e. The summed E-state index contributed by atoms with van der Waals surface area (Å²) in [6.45, 7) is 2.24. The van der Waals surface area contributed by atoms with Crippen LogP contribution in [0.1, 0.15) is 12.6 Å². The number of hydrogen-bond donors (Lipinski definition) is 1. The summed E-state index contributed by atoms with van der Waals surface area (Å²) in [5, 5.41) is 0. The molecule has 4 heteroatoms. The average Bonchev–Trinajstić information content (AvgIpc) is 2.19. The first-order chi connectivity index (χ1) is 6.81. The SMILES string of the molecule is CC1Cc2ncccc2N=C1OCN. The fourth-order valence-electron chi connectivity index (χ4n) is 1.55. The molecular formula is C10H13N3O. The van der Waals surface area contributed by atoms with Crippen molar-refractivity contribution in [1.29, 1.82) is 0 Å². The quantitative estimate of drug-likeness (QED) is 0.679. The highest BCUT2D eigenvalue weighted by atomic mass is 16.5. The molecule has 1 atom stereocenters. The zero-order valence-corrected chi connectivity index (χ0v) is 8.10. The van der Waals surface area contributed by atoms with Crippen molar-refractivity contribution in [3.05, 3.63) is 24.0 Å². The molecule has 0 spiro atoms. The van der Waals surface area contributed by atoms with Crippen LogP contribution in [0.2, 0.25) is 0 Å². The topological polar surface area (TPSA) is 60.5 Å². The predicted octanol–water partition coefficient (Wildman–Crippen LogP) is 1.24. The number of aliphatic imine (C=N–C) groups is 1. The van der Waals surface area contributed by atoms with Crippen molar-refractivity contribution in [2.75, 3.05) is 6.73 Å². The number of pyridine rings is 1. The van der Waals surface area contributed by atoms with Crippen molar-refractivity contribution >= 4 is 11.6 Å². The molecule has 0 bridgehead atoms. The molecule has 1 aliphatic heterocycles. The maximum Gasteiger partial charge on any atom is 0.193 e. The highest BCUT2D eigenvalue weighted by Gasteiger charge is 2.20. The number of fused-ring (bicyclic) bond motifs is 1. The molecule has 0 amide bonds. The van der Waals surface area contributed by atoms with Crippen LogP contribution >= 0.6 is 0 Å². The number of ether oxygens (including phenoxy) is 1. The van der Waals surface area contributed by atoms with Gasteiger partial charge in [-0.2, -0.15) is 0 Å². The van der Waals surface area contributed by atoms with E-state index in [9.17, 15) is 0 Å². The molecule has 2 heterocycles. The molecule has 1 aromatic rings. The van der Waals surface area contributed by atoms with Gasteiger partial charge in [0.25, 0.3) is 0 Å². The molecule has 4 nitrogen and oxygen atoms in total. The van der Waals surface area contributed by atoms with E-state index in [1.807, 2.05) is 12.1 Å². The summed E-state index contributed by atoms with van der Waals surface area (Å²) in [6.07, 6.45) is 2.66. The highest BCUT2D eigenvalue weighted by Crippen LogP contribution is 2.26. The van der Waals surface area contributed by atoms with E-state index in [-0.39, 0.29) is 12.6 Å². The lowest BCUT2D eigenvalue weighted by molar-refractivity contribution is 0.291. The molecule has 1 aromatic heterocycles. The first kappa shape index (κ1) is 9.15. The maximum absolute atomic E-state index is 5.32. The average molecular weight is 191 g/mol. The van der Waals surface area contributed by atoms with E-state index in [0.29, 0.717) is 5.90 Å². The Balaban J connectivity index is 2.34. The molecule has 1 unspecified atom stereocenters. The number of aromatic nitrogens is 1. The van der Waals surface area contributed by atoms with Crippen LogP contribution in [0, 0.1) is 5.92 Å². The second-order valence-electron chi connectivity index (χ2n) is 3.34. The van der Waals surface area contributed by atoms with Gasteiger partial charge >= 0.3 is 0 Å². The lowest BCUT2D eigenvalue weighted by atomic mass is 10.0. The molecular weight excluding hydrogens is 178 g/mol. The van der Waals surface area contributed by atoms with Gasteiger partial charge in [0.05, 0.1) is 11.4 Å². The summed E-state index contributed by atoms with van der Waals surface area (Å²) in [6, 6.07) is 3.81. The molecule has 0 aliphatic carbocycles. The van der Waals surface area contributed by atoms with Gasteiger partial charge in [-0.3, -0.25) is 10.7 Å². The van der Waals surface area contributed by atoms with Crippen molar-refractivity contribution in [1.82, 2.24) is 4.98 Å². The number of rotatable bonds is 1. The van der Waals surface area contributed by atoms with Crippen LogP contribution in [-0.2, 0) is 11.2 Å². The summed E-state index contributed by atoms with van der Waals surface area (Å²) in [5.41, 5.74) is 7.25. The molecule has 74 valence electrons. The van der Waals surface area contributed by atoms with Crippen molar-refractivity contribution in [3.8, 4) is 0 Å². The summed E-state index contributed by atoms with van der Waals surface area (Å²) < 4.78 is 5.25. The second kappa shape index (κ2) is 3.75. The normalized spacial score (nSPS) is 19.9. The molecule has 14 heavy (non-hydrogen) atoms. The molecule has 2 rings (SSSR count). The van der Waals surface area contributed by atoms with E-state index in [4.69, 9.17) is 10.5 Å².